The van der Waals surface area contributed by atoms with Crippen molar-refractivity contribution in [3.8, 4) is 0 Å². The third kappa shape index (κ3) is 2.29. The van der Waals surface area contributed by atoms with Gasteiger partial charge in [-0.05, 0) is 49.9 Å². The summed E-state index contributed by atoms with van der Waals surface area (Å²) in [6.45, 7) is 5.62. The summed E-state index contributed by atoms with van der Waals surface area (Å²) < 4.78 is 13.3. The number of rotatable bonds is 2. The lowest BCUT2D eigenvalue weighted by atomic mass is 9.91. The van der Waals surface area contributed by atoms with Gasteiger partial charge in [0.15, 0.2) is 0 Å². The van der Waals surface area contributed by atoms with Crippen LogP contribution in [-0.2, 0) is 0 Å². The first-order valence-corrected chi connectivity index (χ1v) is 6.97. The van der Waals surface area contributed by atoms with E-state index >= 15 is 0 Å². The molecular formula is C15H21FN2. The molecule has 1 N–H and O–H groups in total. The molecule has 1 aromatic rings. The Morgan fingerprint density at radius 1 is 1.39 bits per heavy atom. The van der Waals surface area contributed by atoms with Gasteiger partial charge < -0.3 is 5.32 Å². The Labute approximate surface area is 108 Å². The third-order valence-electron chi connectivity index (χ3n) is 4.57. The molecule has 2 aliphatic heterocycles. The second-order valence-corrected chi connectivity index (χ2v) is 5.62. The summed E-state index contributed by atoms with van der Waals surface area (Å²) in [4.78, 5) is 2.50. The van der Waals surface area contributed by atoms with Crippen molar-refractivity contribution in [1.29, 1.82) is 0 Å². The second kappa shape index (κ2) is 4.98. The predicted molar refractivity (Wildman–Crippen MR) is 70.9 cm³/mol. The Morgan fingerprint density at radius 3 is 3.11 bits per heavy atom. The molecule has 0 bridgehead atoms. The molecular weight excluding hydrogens is 227 g/mol. The third-order valence-corrected chi connectivity index (χ3v) is 4.57. The average Bonchev–Trinajstić information content (AvgIpc) is 2.85. The molecule has 2 saturated heterocycles. The van der Waals surface area contributed by atoms with Crippen molar-refractivity contribution in [3.63, 3.8) is 0 Å². The number of nitrogens with one attached hydrogen (secondary N) is 1. The van der Waals surface area contributed by atoms with E-state index in [0.29, 0.717) is 6.04 Å². The van der Waals surface area contributed by atoms with E-state index in [9.17, 15) is 4.39 Å². The zero-order valence-corrected chi connectivity index (χ0v) is 10.9. The van der Waals surface area contributed by atoms with Gasteiger partial charge in [0.1, 0.15) is 5.82 Å². The number of hydrogen-bond donors (Lipinski definition) is 1. The van der Waals surface area contributed by atoms with Gasteiger partial charge in [-0.3, -0.25) is 4.90 Å². The quantitative estimate of drug-likeness (QED) is 0.865. The van der Waals surface area contributed by atoms with Crippen LogP contribution in [0.25, 0.3) is 0 Å². The highest BCUT2D eigenvalue weighted by Gasteiger charge is 2.34. The summed E-state index contributed by atoms with van der Waals surface area (Å²) in [5.41, 5.74) is 1.10. The van der Waals surface area contributed by atoms with Crippen LogP contribution in [0.2, 0.25) is 0 Å². The van der Waals surface area contributed by atoms with E-state index in [4.69, 9.17) is 0 Å². The lowest BCUT2D eigenvalue weighted by molar-refractivity contribution is 0.122. The van der Waals surface area contributed by atoms with E-state index in [0.717, 1.165) is 37.2 Å². The number of halogens is 1. The van der Waals surface area contributed by atoms with Crippen molar-refractivity contribution in [3.05, 3.63) is 35.6 Å². The standard InChI is InChI=1S/C15H21FN2/c1-11(12-3-2-4-14(16)9-12)18-8-6-15-13(10-18)5-7-17-15/h2-4,9,11,13,15,17H,5-8,10H2,1H3. The van der Waals surface area contributed by atoms with E-state index in [2.05, 4.69) is 17.1 Å². The largest absolute Gasteiger partial charge is 0.314 e. The molecule has 0 aromatic heterocycles. The van der Waals surface area contributed by atoms with Crippen LogP contribution in [-0.4, -0.2) is 30.6 Å². The minimum Gasteiger partial charge on any atom is -0.314 e. The van der Waals surface area contributed by atoms with Crippen molar-refractivity contribution < 1.29 is 4.39 Å². The highest BCUT2D eigenvalue weighted by atomic mass is 19.1. The number of nitrogens with zero attached hydrogens (tertiary/aromatic N) is 1. The first-order valence-electron chi connectivity index (χ1n) is 6.97. The molecule has 2 nitrogen and oxygen atoms in total. The van der Waals surface area contributed by atoms with Crippen molar-refractivity contribution in [2.75, 3.05) is 19.6 Å². The van der Waals surface area contributed by atoms with Gasteiger partial charge in [0.25, 0.3) is 0 Å². The lowest BCUT2D eigenvalue weighted by Crippen LogP contribution is -2.45. The van der Waals surface area contributed by atoms with Crippen molar-refractivity contribution in [2.45, 2.75) is 31.8 Å². The lowest BCUT2D eigenvalue weighted by Gasteiger charge is -2.38. The smallest absolute Gasteiger partial charge is 0.123 e. The Kier molecular flexibility index (Phi) is 3.35. The summed E-state index contributed by atoms with van der Waals surface area (Å²) in [5.74, 6) is 0.659. The van der Waals surface area contributed by atoms with Gasteiger partial charge in [-0.1, -0.05) is 12.1 Å². The molecule has 3 atom stereocenters. The summed E-state index contributed by atoms with van der Waals surface area (Å²) in [6, 6.07) is 8.08. The van der Waals surface area contributed by atoms with Crippen LogP contribution in [0, 0.1) is 11.7 Å². The fraction of sp³-hybridized carbons (Fsp3) is 0.600. The van der Waals surface area contributed by atoms with Crippen molar-refractivity contribution in [2.24, 2.45) is 5.92 Å². The first-order chi connectivity index (χ1) is 8.74. The highest BCUT2D eigenvalue weighted by molar-refractivity contribution is 5.20. The van der Waals surface area contributed by atoms with E-state index in [1.807, 2.05) is 12.1 Å². The average molecular weight is 248 g/mol. The Bertz CT molecular complexity index is 421. The monoisotopic (exact) mass is 248 g/mol. The van der Waals surface area contributed by atoms with E-state index < -0.39 is 0 Å². The number of likely N-dealkylation sites (tertiary alicyclic amines) is 1. The predicted octanol–water partition coefficient (Wildman–Crippen LogP) is 2.57. The molecule has 3 heteroatoms. The molecule has 18 heavy (non-hydrogen) atoms. The number of hydrogen-bond acceptors (Lipinski definition) is 2. The molecule has 98 valence electrons. The summed E-state index contributed by atoms with van der Waals surface area (Å²) in [6.07, 6.45) is 2.52. The molecule has 0 radical (unpaired) electrons. The maximum Gasteiger partial charge on any atom is 0.123 e. The van der Waals surface area contributed by atoms with Crippen LogP contribution >= 0.6 is 0 Å². The van der Waals surface area contributed by atoms with Gasteiger partial charge >= 0.3 is 0 Å². The maximum absolute atomic E-state index is 13.3. The number of benzene rings is 1. The van der Waals surface area contributed by atoms with Crippen LogP contribution in [0.3, 0.4) is 0 Å². The Balaban J connectivity index is 1.71. The van der Waals surface area contributed by atoms with Gasteiger partial charge in [0, 0.05) is 25.2 Å². The van der Waals surface area contributed by atoms with Crippen LogP contribution in [0.4, 0.5) is 4.39 Å². The molecule has 1 aromatic carbocycles. The van der Waals surface area contributed by atoms with Crippen LogP contribution in [0.5, 0.6) is 0 Å². The molecule has 0 amide bonds. The molecule has 3 unspecified atom stereocenters. The minimum atomic E-state index is -0.128. The molecule has 3 rings (SSSR count). The van der Waals surface area contributed by atoms with Gasteiger partial charge in [0.05, 0.1) is 0 Å². The van der Waals surface area contributed by atoms with Crippen LogP contribution in [0.1, 0.15) is 31.4 Å². The summed E-state index contributed by atoms with van der Waals surface area (Å²) in [7, 11) is 0. The summed E-state index contributed by atoms with van der Waals surface area (Å²) in [5, 5.41) is 3.58. The first kappa shape index (κ1) is 12.1. The topological polar surface area (TPSA) is 15.3 Å². The maximum atomic E-state index is 13.3. The number of fused-ring (bicyclic) bond motifs is 1. The van der Waals surface area contributed by atoms with Crippen LogP contribution < -0.4 is 5.32 Å². The SMILES string of the molecule is CC(c1cccc(F)c1)N1CCC2NCCC2C1. The molecule has 0 spiro atoms. The minimum absolute atomic E-state index is 0.128. The summed E-state index contributed by atoms with van der Waals surface area (Å²) >= 11 is 0. The van der Waals surface area contributed by atoms with E-state index in [1.54, 1.807) is 6.07 Å². The zero-order valence-electron chi connectivity index (χ0n) is 10.9. The van der Waals surface area contributed by atoms with Crippen molar-refractivity contribution in [1.82, 2.24) is 10.2 Å². The van der Waals surface area contributed by atoms with Gasteiger partial charge in [-0.2, -0.15) is 0 Å². The van der Waals surface area contributed by atoms with Gasteiger partial charge in [-0.25, -0.2) is 4.39 Å². The van der Waals surface area contributed by atoms with Crippen LogP contribution in [0.15, 0.2) is 24.3 Å². The molecule has 0 saturated carbocycles. The van der Waals surface area contributed by atoms with E-state index in [1.165, 1.54) is 18.9 Å². The normalized spacial score (nSPS) is 30.1. The highest BCUT2D eigenvalue weighted by Crippen LogP contribution is 2.30. The molecule has 2 aliphatic rings. The Morgan fingerprint density at radius 2 is 2.28 bits per heavy atom. The van der Waals surface area contributed by atoms with E-state index in [-0.39, 0.29) is 5.82 Å². The Hall–Kier alpha value is -0.930. The molecule has 2 fully saturated rings. The molecule has 0 aliphatic carbocycles. The number of piperidine rings is 1. The van der Waals surface area contributed by atoms with Gasteiger partial charge in [0.2, 0.25) is 0 Å². The van der Waals surface area contributed by atoms with Crippen molar-refractivity contribution >= 4 is 0 Å². The fourth-order valence-electron chi connectivity index (χ4n) is 3.40. The second-order valence-electron chi connectivity index (χ2n) is 5.62. The fourth-order valence-corrected chi connectivity index (χ4v) is 3.40. The van der Waals surface area contributed by atoms with Gasteiger partial charge in [-0.15, -0.1) is 0 Å². The zero-order chi connectivity index (χ0) is 12.5. The molecule has 2 heterocycles.